The highest BCUT2D eigenvalue weighted by atomic mass is 32.2. The van der Waals surface area contributed by atoms with Gasteiger partial charge in [0, 0.05) is 45.7 Å². The largest absolute Gasteiger partial charge is 0.342 e. The molecule has 2 amide bonds. The Labute approximate surface area is 189 Å². The third kappa shape index (κ3) is 5.37. The van der Waals surface area contributed by atoms with E-state index in [1.165, 1.54) is 9.87 Å². The van der Waals surface area contributed by atoms with E-state index in [4.69, 9.17) is 0 Å². The molecule has 0 N–H and O–H groups in total. The standard InChI is InChI=1S/C24H29N3O4S/c28-23-17-22(18-26(23)12-11-20-7-3-1-4-8-20)24(29)25-13-15-27(16-14-25)32(30,31)19-21-9-5-2-6-10-21/h1-10,22H,11-19H2/t22-/m1/s1. The van der Waals surface area contributed by atoms with E-state index in [1.54, 1.807) is 21.9 Å². The predicted octanol–water partition coefficient (Wildman–Crippen LogP) is 1.75. The molecule has 8 heteroatoms. The maximum absolute atomic E-state index is 13.0. The van der Waals surface area contributed by atoms with Crippen molar-refractivity contribution in [3.63, 3.8) is 0 Å². The first kappa shape index (κ1) is 22.5. The maximum Gasteiger partial charge on any atom is 0.228 e. The molecule has 32 heavy (non-hydrogen) atoms. The van der Waals surface area contributed by atoms with Crippen molar-refractivity contribution in [2.75, 3.05) is 39.3 Å². The Morgan fingerprint density at radius 3 is 2.09 bits per heavy atom. The molecule has 2 fully saturated rings. The first-order valence-electron chi connectivity index (χ1n) is 11.0. The van der Waals surface area contributed by atoms with Crippen molar-refractivity contribution in [3.05, 3.63) is 71.8 Å². The van der Waals surface area contributed by atoms with E-state index < -0.39 is 10.0 Å². The first-order valence-corrected chi connectivity index (χ1v) is 12.7. The van der Waals surface area contributed by atoms with Gasteiger partial charge in [0.25, 0.3) is 0 Å². The summed E-state index contributed by atoms with van der Waals surface area (Å²) in [6.07, 6.45) is 1.01. The Kier molecular flexibility index (Phi) is 6.91. The van der Waals surface area contributed by atoms with Crippen LogP contribution < -0.4 is 0 Å². The number of sulfonamides is 1. The summed E-state index contributed by atoms with van der Waals surface area (Å²) >= 11 is 0. The van der Waals surface area contributed by atoms with Gasteiger partial charge in [-0.2, -0.15) is 4.31 Å². The summed E-state index contributed by atoms with van der Waals surface area (Å²) in [7, 11) is -3.42. The van der Waals surface area contributed by atoms with Gasteiger partial charge >= 0.3 is 0 Å². The van der Waals surface area contributed by atoms with Crippen molar-refractivity contribution in [1.29, 1.82) is 0 Å². The van der Waals surface area contributed by atoms with E-state index in [-0.39, 0.29) is 29.9 Å². The minimum absolute atomic E-state index is 0.0170. The number of rotatable bonds is 7. The molecule has 2 aromatic carbocycles. The number of carbonyl (C=O) groups is 2. The fraction of sp³-hybridized carbons (Fsp3) is 0.417. The summed E-state index contributed by atoms with van der Waals surface area (Å²) in [4.78, 5) is 28.9. The molecule has 7 nitrogen and oxygen atoms in total. The van der Waals surface area contributed by atoms with Crippen molar-refractivity contribution < 1.29 is 18.0 Å². The lowest BCUT2D eigenvalue weighted by atomic mass is 10.1. The molecule has 2 aromatic rings. The van der Waals surface area contributed by atoms with Crippen LogP contribution in [-0.4, -0.2) is 73.6 Å². The fourth-order valence-electron chi connectivity index (χ4n) is 4.38. The third-order valence-electron chi connectivity index (χ3n) is 6.21. The van der Waals surface area contributed by atoms with Crippen LogP contribution in [0.15, 0.2) is 60.7 Å². The average Bonchev–Trinajstić information content (AvgIpc) is 3.19. The number of benzene rings is 2. The van der Waals surface area contributed by atoms with Gasteiger partial charge in [-0.15, -0.1) is 0 Å². The summed E-state index contributed by atoms with van der Waals surface area (Å²) in [5, 5.41) is 0. The summed E-state index contributed by atoms with van der Waals surface area (Å²) in [6.45, 7) is 2.36. The van der Waals surface area contributed by atoms with Gasteiger partial charge in [0.15, 0.2) is 0 Å². The van der Waals surface area contributed by atoms with E-state index in [1.807, 2.05) is 48.5 Å². The Morgan fingerprint density at radius 2 is 1.47 bits per heavy atom. The van der Waals surface area contributed by atoms with E-state index >= 15 is 0 Å². The van der Waals surface area contributed by atoms with Crippen molar-refractivity contribution in [2.24, 2.45) is 5.92 Å². The average molecular weight is 456 g/mol. The maximum atomic E-state index is 13.0. The second kappa shape index (κ2) is 9.83. The number of amides is 2. The summed E-state index contributed by atoms with van der Waals surface area (Å²) in [6, 6.07) is 19.1. The Bertz CT molecular complexity index is 1040. The predicted molar refractivity (Wildman–Crippen MR) is 122 cm³/mol. The zero-order chi connectivity index (χ0) is 22.6. The number of carbonyl (C=O) groups excluding carboxylic acids is 2. The van der Waals surface area contributed by atoms with Gasteiger partial charge in [-0.3, -0.25) is 9.59 Å². The molecule has 2 saturated heterocycles. The molecule has 0 aliphatic carbocycles. The quantitative estimate of drug-likeness (QED) is 0.637. The smallest absolute Gasteiger partial charge is 0.228 e. The van der Waals surface area contributed by atoms with Gasteiger partial charge in [0.05, 0.1) is 11.7 Å². The lowest BCUT2D eigenvalue weighted by Crippen LogP contribution is -2.52. The summed E-state index contributed by atoms with van der Waals surface area (Å²) in [5.41, 5.74) is 1.92. The van der Waals surface area contributed by atoms with Crippen LogP contribution in [0.1, 0.15) is 17.5 Å². The number of likely N-dealkylation sites (tertiary alicyclic amines) is 1. The zero-order valence-corrected chi connectivity index (χ0v) is 18.9. The van der Waals surface area contributed by atoms with Crippen molar-refractivity contribution in [3.8, 4) is 0 Å². The van der Waals surface area contributed by atoms with Crippen molar-refractivity contribution in [1.82, 2.24) is 14.1 Å². The minimum atomic E-state index is -3.42. The summed E-state index contributed by atoms with van der Waals surface area (Å²) in [5.74, 6) is -0.398. The van der Waals surface area contributed by atoms with Crippen molar-refractivity contribution >= 4 is 21.8 Å². The normalized spacial score (nSPS) is 20.0. The summed E-state index contributed by atoms with van der Waals surface area (Å²) < 4.78 is 26.9. The molecule has 2 aliphatic heterocycles. The lowest BCUT2D eigenvalue weighted by Gasteiger charge is -2.35. The topological polar surface area (TPSA) is 78.0 Å². The second-order valence-electron chi connectivity index (χ2n) is 8.44. The van der Waals surface area contributed by atoms with Crippen LogP contribution in [0.3, 0.4) is 0 Å². The van der Waals surface area contributed by atoms with Crippen molar-refractivity contribution in [2.45, 2.75) is 18.6 Å². The van der Waals surface area contributed by atoms with E-state index in [0.29, 0.717) is 39.3 Å². The highest BCUT2D eigenvalue weighted by molar-refractivity contribution is 7.88. The van der Waals surface area contributed by atoms with E-state index in [2.05, 4.69) is 0 Å². The number of hydrogen-bond donors (Lipinski definition) is 0. The fourth-order valence-corrected chi connectivity index (χ4v) is 5.90. The molecule has 4 rings (SSSR count). The molecule has 0 bridgehead atoms. The molecular formula is C24H29N3O4S. The number of hydrogen-bond acceptors (Lipinski definition) is 4. The SMILES string of the molecule is O=C1C[C@@H](C(=O)N2CCN(S(=O)(=O)Cc3ccccc3)CC2)CN1CCc1ccccc1. The van der Waals surface area contributed by atoms with Crippen LogP contribution in [0.4, 0.5) is 0 Å². The number of piperazine rings is 1. The van der Waals surface area contributed by atoms with Gasteiger partial charge in [-0.1, -0.05) is 60.7 Å². The molecule has 0 unspecified atom stereocenters. The Balaban J connectivity index is 1.27. The molecule has 1 atom stereocenters. The minimum Gasteiger partial charge on any atom is -0.342 e. The van der Waals surface area contributed by atoms with Crippen LogP contribution in [0.2, 0.25) is 0 Å². The van der Waals surface area contributed by atoms with E-state index in [0.717, 1.165) is 12.0 Å². The number of nitrogens with zero attached hydrogens (tertiary/aromatic N) is 3. The van der Waals surface area contributed by atoms with Gasteiger partial charge in [0.2, 0.25) is 21.8 Å². The molecule has 0 spiro atoms. The molecular weight excluding hydrogens is 426 g/mol. The van der Waals surface area contributed by atoms with Crippen LogP contribution in [0.25, 0.3) is 0 Å². The highest BCUT2D eigenvalue weighted by Crippen LogP contribution is 2.22. The third-order valence-corrected chi connectivity index (χ3v) is 8.06. The zero-order valence-electron chi connectivity index (χ0n) is 18.1. The van der Waals surface area contributed by atoms with Gasteiger partial charge in [0.1, 0.15) is 0 Å². The molecule has 2 heterocycles. The van der Waals surface area contributed by atoms with Crippen LogP contribution in [-0.2, 0) is 31.8 Å². The molecule has 170 valence electrons. The van der Waals surface area contributed by atoms with Crippen LogP contribution in [0, 0.1) is 5.92 Å². The van der Waals surface area contributed by atoms with Crippen LogP contribution in [0.5, 0.6) is 0 Å². The molecule has 0 radical (unpaired) electrons. The molecule has 2 aliphatic rings. The first-order chi connectivity index (χ1) is 15.4. The molecule has 0 saturated carbocycles. The molecule has 0 aromatic heterocycles. The van der Waals surface area contributed by atoms with E-state index in [9.17, 15) is 18.0 Å². The highest BCUT2D eigenvalue weighted by Gasteiger charge is 2.38. The monoisotopic (exact) mass is 455 g/mol. The van der Waals surface area contributed by atoms with Gasteiger partial charge < -0.3 is 9.80 Å². The van der Waals surface area contributed by atoms with Gasteiger partial charge in [-0.05, 0) is 17.5 Å². The van der Waals surface area contributed by atoms with Crippen LogP contribution >= 0.6 is 0 Å². The Hall–Kier alpha value is -2.71. The second-order valence-corrected chi connectivity index (χ2v) is 10.4. The lowest BCUT2D eigenvalue weighted by molar-refractivity contribution is -0.137. The Morgan fingerprint density at radius 1 is 0.875 bits per heavy atom. The van der Waals surface area contributed by atoms with Gasteiger partial charge in [-0.25, -0.2) is 8.42 Å².